The Morgan fingerprint density at radius 3 is 1.78 bits per heavy atom. The summed E-state index contributed by atoms with van der Waals surface area (Å²) in [6.45, 7) is 4.00. The molecule has 1 nitrogen and oxygen atoms in total. The molecule has 0 aromatic heterocycles. The van der Waals surface area contributed by atoms with Crippen LogP contribution in [-0.4, -0.2) is 12.1 Å². The van der Waals surface area contributed by atoms with Crippen molar-refractivity contribution in [1.82, 2.24) is 5.32 Å². The summed E-state index contributed by atoms with van der Waals surface area (Å²) in [5, 5.41) is 3.48. The Morgan fingerprint density at radius 2 is 1.67 bits per heavy atom. The SMILES string of the molecule is C1CC2CC(C1)N2.CC.[HH]. The van der Waals surface area contributed by atoms with Crippen molar-refractivity contribution in [1.29, 1.82) is 0 Å². The van der Waals surface area contributed by atoms with E-state index in [4.69, 9.17) is 0 Å². The van der Waals surface area contributed by atoms with Crippen molar-refractivity contribution < 1.29 is 1.43 Å². The van der Waals surface area contributed by atoms with E-state index in [-0.39, 0.29) is 1.43 Å². The highest BCUT2D eigenvalue weighted by molar-refractivity contribution is 4.92. The molecule has 0 radical (unpaired) electrons. The first-order chi connectivity index (χ1) is 4.45. The summed E-state index contributed by atoms with van der Waals surface area (Å²) in [7, 11) is 0. The lowest BCUT2D eigenvalue weighted by molar-refractivity contribution is 0.182. The van der Waals surface area contributed by atoms with E-state index in [1.807, 2.05) is 13.8 Å². The minimum absolute atomic E-state index is 0. The maximum Gasteiger partial charge on any atom is 0.00844 e. The quantitative estimate of drug-likeness (QED) is 0.528. The van der Waals surface area contributed by atoms with Crippen LogP contribution in [0.3, 0.4) is 0 Å². The fourth-order valence-electron chi connectivity index (χ4n) is 1.67. The summed E-state index contributed by atoms with van der Waals surface area (Å²) >= 11 is 0. The lowest BCUT2D eigenvalue weighted by Crippen LogP contribution is -2.55. The van der Waals surface area contributed by atoms with E-state index in [0.29, 0.717) is 0 Å². The van der Waals surface area contributed by atoms with Gasteiger partial charge in [0, 0.05) is 13.5 Å². The van der Waals surface area contributed by atoms with Crippen LogP contribution >= 0.6 is 0 Å². The molecular formula is C8H19N. The van der Waals surface area contributed by atoms with Gasteiger partial charge in [-0.05, 0) is 19.3 Å². The fraction of sp³-hybridized carbons (Fsp3) is 1.00. The minimum Gasteiger partial charge on any atom is -0.311 e. The Labute approximate surface area is 59.3 Å². The van der Waals surface area contributed by atoms with Crippen LogP contribution in [-0.2, 0) is 0 Å². The highest BCUT2D eigenvalue weighted by Gasteiger charge is 2.31. The van der Waals surface area contributed by atoms with Crippen LogP contribution in [0, 0.1) is 0 Å². The maximum atomic E-state index is 3.48. The molecule has 0 amide bonds. The molecule has 2 bridgehead atoms. The Bertz CT molecular complexity index is 65.8. The van der Waals surface area contributed by atoms with Crippen molar-refractivity contribution >= 4 is 0 Å². The molecule has 9 heavy (non-hydrogen) atoms. The van der Waals surface area contributed by atoms with E-state index in [1.54, 1.807) is 0 Å². The van der Waals surface area contributed by atoms with Gasteiger partial charge in [-0.15, -0.1) is 0 Å². The number of hydrogen-bond donors (Lipinski definition) is 1. The van der Waals surface area contributed by atoms with Crippen LogP contribution in [0.5, 0.6) is 0 Å². The van der Waals surface area contributed by atoms with Gasteiger partial charge in [0.25, 0.3) is 0 Å². The van der Waals surface area contributed by atoms with Gasteiger partial charge in [-0.1, -0.05) is 20.3 Å². The van der Waals surface area contributed by atoms with Crippen molar-refractivity contribution in [3.63, 3.8) is 0 Å². The molecule has 3 aliphatic rings. The third-order valence-electron chi connectivity index (χ3n) is 2.15. The number of piperidine rings is 1. The van der Waals surface area contributed by atoms with Gasteiger partial charge < -0.3 is 5.32 Å². The topological polar surface area (TPSA) is 12.0 Å². The zero-order chi connectivity index (χ0) is 6.69. The van der Waals surface area contributed by atoms with E-state index in [1.165, 1.54) is 25.7 Å². The number of hydrogen-bond acceptors (Lipinski definition) is 1. The first-order valence-electron chi connectivity index (χ1n) is 4.21. The summed E-state index contributed by atoms with van der Waals surface area (Å²) < 4.78 is 0. The van der Waals surface area contributed by atoms with E-state index >= 15 is 0 Å². The summed E-state index contributed by atoms with van der Waals surface area (Å²) in [5.74, 6) is 0. The van der Waals surface area contributed by atoms with E-state index in [0.717, 1.165) is 12.1 Å². The standard InChI is InChI=1S/C6H11N.C2H6.H2/c1-2-5-4-6(3-1)7-5;1-2;/h5-7H,1-4H2;1-2H3;1H. The van der Waals surface area contributed by atoms with Gasteiger partial charge in [-0.25, -0.2) is 0 Å². The Morgan fingerprint density at radius 1 is 1.22 bits per heavy atom. The molecule has 0 spiro atoms. The zero-order valence-electron chi connectivity index (χ0n) is 6.48. The summed E-state index contributed by atoms with van der Waals surface area (Å²) in [6.07, 6.45) is 5.83. The molecule has 0 aromatic rings. The van der Waals surface area contributed by atoms with Gasteiger partial charge in [0.05, 0.1) is 0 Å². The molecule has 2 saturated heterocycles. The molecule has 2 heterocycles. The molecule has 2 atom stereocenters. The second-order valence-electron chi connectivity index (χ2n) is 2.73. The van der Waals surface area contributed by atoms with Crippen molar-refractivity contribution in [2.24, 2.45) is 0 Å². The fourth-order valence-corrected chi connectivity index (χ4v) is 1.67. The molecule has 1 saturated carbocycles. The van der Waals surface area contributed by atoms with Crippen LogP contribution in [0.2, 0.25) is 0 Å². The second kappa shape index (κ2) is 3.21. The molecular weight excluding hydrogens is 110 g/mol. The van der Waals surface area contributed by atoms with Crippen molar-refractivity contribution in [2.45, 2.75) is 51.6 Å². The average molecular weight is 129 g/mol. The normalized spacial score (nSPS) is 38.0. The van der Waals surface area contributed by atoms with Crippen LogP contribution < -0.4 is 5.32 Å². The zero-order valence-corrected chi connectivity index (χ0v) is 6.48. The third kappa shape index (κ3) is 1.45. The van der Waals surface area contributed by atoms with Gasteiger partial charge in [0.1, 0.15) is 0 Å². The molecule has 2 unspecified atom stereocenters. The highest BCUT2D eigenvalue weighted by Crippen LogP contribution is 2.27. The number of fused-ring (bicyclic) bond motifs is 2. The highest BCUT2D eigenvalue weighted by atomic mass is 15.0. The number of nitrogens with one attached hydrogen (secondary N) is 1. The molecule has 0 aromatic carbocycles. The third-order valence-corrected chi connectivity index (χ3v) is 2.15. The molecule has 3 fully saturated rings. The lowest BCUT2D eigenvalue weighted by Gasteiger charge is -2.42. The largest absolute Gasteiger partial charge is 0.311 e. The van der Waals surface area contributed by atoms with Crippen LogP contribution in [0.1, 0.15) is 41.0 Å². The molecule has 1 N–H and O–H groups in total. The molecule has 1 aliphatic carbocycles. The van der Waals surface area contributed by atoms with Gasteiger partial charge in [-0.2, -0.15) is 0 Å². The van der Waals surface area contributed by atoms with E-state index in [9.17, 15) is 0 Å². The first kappa shape index (κ1) is 7.07. The van der Waals surface area contributed by atoms with Crippen molar-refractivity contribution in [2.75, 3.05) is 0 Å². The van der Waals surface area contributed by atoms with Crippen LogP contribution in [0.4, 0.5) is 0 Å². The summed E-state index contributed by atoms with van der Waals surface area (Å²) in [5.41, 5.74) is 0. The van der Waals surface area contributed by atoms with Gasteiger partial charge in [-0.3, -0.25) is 0 Å². The number of rotatable bonds is 0. The maximum absolute atomic E-state index is 3.48. The Balaban J connectivity index is 0.000000251. The van der Waals surface area contributed by atoms with Crippen LogP contribution in [0.15, 0.2) is 0 Å². The Hall–Kier alpha value is -0.0400. The predicted octanol–water partition coefficient (Wildman–Crippen LogP) is 2.17. The lowest BCUT2D eigenvalue weighted by atomic mass is 9.83. The Kier molecular flexibility index (Phi) is 2.52. The summed E-state index contributed by atoms with van der Waals surface area (Å²) in [4.78, 5) is 0. The van der Waals surface area contributed by atoms with E-state index in [2.05, 4.69) is 5.32 Å². The van der Waals surface area contributed by atoms with E-state index < -0.39 is 0 Å². The summed E-state index contributed by atoms with van der Waals surface area (Å²) in [6, 6.07) is 1.86. The van der Waals surface area contributed by atoms with Crippen molar-refractivity contribution in [3.8, 4) is 0 Å². The van der Waals surface area contributed by atoms with Gasteiger partial charge in [0.2, 0.25) is 0 Å². The average Bonchev–Trinajstić information content (AvgIpc) is 1.93. The molecule has 56 valence electrons. The molecule has 2 aliphatic heterocycles. The molecule has 1 heteroatoms. The monoisotopic (exact) mass is 129 g/mol. The first-order valence-corrected chi connectivity index (χ1v) is 4.21. The smallest absolute Gasteiger partial charge is 0.00844 e. The van der Waals surface area contributed by atoms with Crippen LogP contribution in [0.25, 0.3) is 0 Å². The predicted molar refractivity (Wildman–Crippen MR) is 42.6 cm³/mol. The van der Waals surface area contributed by atoms with Gasteiger partial charge in [0.15, 0.2) is 0 Å². The minimum atomic E-state index is 0. The van der Waals surface area contributed by atoms with Gasteiger partial charge >= 0.3 is 0 Å². The second-order valence-corrected chi connectivity index (χ2v) is 2.73. The molecule has 3 rings (SSSR count). The van der Waals surface area contributed by atoms with Crippen molar-refractivity contribution in [3.05, 3.63) is 0 Å².